The summed E-state index contributed by atoms with van der Waals surface area (Å²) in [6.45, 7) is 0. The van der Waals surface area contributed by atoms with Crippen LogP contribution >= 0.6 is 11.3 Å². The van der Waals surface area contributed by atoms with Crippen molar-refractivity contribution in [3.63, 3.8) is 0 Å². The molecular weight excluding hydrogens is 262 g/mol. The summed E-state index contributed by atoms with van der Waals surface area (Å²) in [6, 6.07) is 10.5. The van der Waals surface area contributed by atoms with Gasteiger partial charge in [-0.2, -0.15) is 0 Å². The maximum Gasteiger partial charge on any atom is 0.489 e. The summed E-state index contributed by atoms with van der Waals surface area (Å²) in [5.41, 5.74) is 0.884. The molecule has 0 fully saturated rings. The van der Waals surface area contributed by atoms with Crippen molar-refractivity contribution >= 4 is 56.7 Å². The van der Waals surface area contributed by atoms with Gasteiger partial charge >= 0.3 is 14.2 Å². The Morgan fingerprint density at radius 3 is 2.32 bits per heavy atom. The third-order valence-electron chi connectivity index (χ3n) is 3.13. The Morgan fingerprint density at radius 2 is 1.63 bits per heavy atom. The Labute approximate surface area is 113 Å². The highest BCUT2D eigenvalue weighted by atomic mass is 32.1. The first-order valence-electron chi connectivity index (χ1n) is 5.75. The molecule has 0 aliphatic heterocycles. The molecule has 0 spiro atoms. The van der Waals surface area contributed by atoms with Gasteiger partial charge in [-0.1, -0.05) is 30.3 Å². The summed E-state index contributed by atoms with van der Waals surface area (Å²) in [7, 11) is -3.02. The Bertz CT molecular complexity index is 754. The second-order valence-electron chi connectivity index (χ2n) is 4.33. The largest absolute Gasteiger partial charge is 0.489 e. The van der Waals surface area contributed by atoms with Crippen molar-refractivity contribution in [3.8, 4) is 0 Å². The summed E-state index contributed by atoms with van der Waals surface area (Å²) in [5, 5.41) is 39.0. The summed E-state index contributed by atoms with van der Waals surface area (Å²) >= 11 is 1.41. The molecule has 0 bridgehead atoms. The SMILES string of the molecule is OB(O)c1ccc2c(c1)sc1c(B(O)O)cccc12. The summed E-state index contributed by atoms with van der Waals surface area (Å²) < 4.78 is 1.69. The zero-order valence-corrected chi connectivity index (χ0v) is 10.6. The van der Waals surface area contributed by atoms with Crippen LogP contribution in [0, 0.1) is 0 Å². The number of benzene rings is 2. The van der Waals surface area contributed by atoms with E-state index in [2.05, 4.69) is 0 Å². The van der Waals surface area contributed by atoms with Crippen LogP contribution < -0.4 is 10.9 Å². The summed E-state index contributed by atoms with van der Waals surface area (Å²) in [4.78, 5) is 0. The van der Waals surface area contributed by atoms with Crippen molar-refractivity contribution in [2.24, 2.45) is 0 Å². The average molecular weight is 272 g/mol. The van der Waals surface area contributed by atoms with Crippen molar-refractivity contribution in [2.45, 2.75) is 0 Å². The second kappa shape index (κ2) is 4.63. The van der Waals surface area contributed by atoms with Gasteiger partial charge in [0.1, 0.15) is 0 Å². The summed E-state index contributed by atoms with van der Waals surface area (Å²) in [6.07, 6.45) is 0. The van der Waals surface area contributed by atoms with Gasteiger partial charge in [0, 0.05) is 14.8 Å². The third-order valence-corrected chi connectivity index (χ3v) is 4.35. The van der Waals surface area contributed by atoms with Gasteiger partial charge in [-0.15, -0.1) is 11.3 Å². The van der Waals surface area contributed by atoms with E-state index < -0.39 is 14.2 Å². The Morgan fingerprint density at radius 1 is 0.842 bits per heavy atom. The molecule has 0 radical (unpaired) electrons. The van der Waals surface area contributed by atoms with E-state index in [1.54, 1.807) is 24.3 Å². The molecule has 19 heavy (non-hydrogen) atoms. The van der Waals surface area contributed by atoms with E-state index in [9.17, 15) is 20.1 Å². The van der Waals surface area contributed by atoms with Crippen LogP contribution in [0.2, 0.25) is 0 Å². The van der Waals surface area contributed by atoms with Crippen LogP contribution in [0.4, 0.5) is 0 Å². The normalized spacial score (nSPS) is 11.2. The fraction of sp³-hybridized carbons (Fsp3) is 0. The minimum absolute atomic E-state index is 0.421. The van der Waals surface area contributed by atoms with Crippen molar-refractivity contribution < 1.29 is 20.1 Å². The molecule has 3 aromatic rings. The molecule has 1 aromatic heterocycles. The molecule has 4 N–H and O–H groups in total. The Hall–Kier alpha value is -1.37. The fourth-order valence-electron chi connectivity index (χ4n) is 2.20. The van der Waals surface area contributed by atoms with Crippen molar-refractivity contribution in [1.29, 1.82) is 0 Å². The average Bonchev–Trinajstić information content (AvgIpc) is 2.75. The highest BCUT2D eigenvalue weighted by Crippen LogP contribution is 2.32. The van der Waals surface area contributed by atoms with Crippen LogP contribution in [0.25, 0.3) is 20.2 Å². The molecule has 0 unspecified atom stereocenters. The van der Waals surface area contributed by atoms with Gasteiger partial charge in [-0.3, -0.25) is 0 Å². The van der Waals surface area contributed by atoms with Gasteiger partial charge in [-0.05, 0) is 22.4 Å². The minimum atomic E-state index is -1.51. The second-order valence-corrected chi connectivity index (χ2v) is 5.38. The summed E-state index contributed by atoms with van der Waals surface area (Å²) in [5.74, 6) is 0. The van der Waals surface area contributed by atoms with Gasteiger partial charge in [0.15, 0.2) is 0 Å². The molecule has 1 heterocycles. The third kappa shape index (κ3) is 2.05. The van der Waals surface area contributed by atoms with Gasteiger partial charge in [0.05, 0.1) is 0 Å². The standard InChI is InChI=1S/C12H10B2O4S/c15-13(16)7-4-5-8-9-2-1-3-10(14(17)18)12(9)19-11(8)6-7/h1-6,15-18H. The zero-order chi connectivity index (χ0) is 13.6. The lowest BCUT2D eigenvalue weighted by molar-refractivity contribution is 0.425. The van der Waals surface area contributed by atoms with Crippen LogP contribution in [0.15, 0.2) is 36.4 Å². The van der Waals surface area contributed by atoms with Crippen LogP contribution in [0.5, 0.6) is 0 Å². The zero-order valence-electron chi connectivity index (χ0n) is 9.82. The lowest BCUT2D eigenvalue weighted by Crippen LogP contribution is -2.29. The van der Waals surface area contributed by atoms with Gasteiger partial charge in [0.25, 0.3) is 0 Å². The van der Waals surface area contributed by atoms with E-state index in [1.165, 1.54) is 11.3 Å². The first-order chi connectivity index (χ1) is 9.08. The minimum Gasteiger partial charge on any atom is -0.423 e. The first kappa shape index (κ1) is 12.7. The molecule has 4 nitrogen and oxygen atoms in total. The maximum absolute atomic E-state index is 9.37. The molecule has 0 aliphatic rings. The lowest BCUT2D eigenvalue weighted by Gasteiger charge is -2.00. The van der Waals surface area contributed by atoms with Crippen LogP contribution in [0.1, 0.15) is 0 Å². The molecule has 0 saturated heterocycles. The fourth-order valence-corrected chi connectivity index (χ4v) is 3.48. The van der Waals surface area contributed by atoms with E-state index in [-0.39, 0.29) is 0 Å². The maximum atomic E-state index is 9.37. The quantitative estimate of drug-likeness (QED) is 0.470. The van der Waals surface area contributed by atoms with Crippen LogP contribution in [0.3, 0.4) is 0 Å². The number of thiophene rings is 1. The molecule has 0 aliphatic carbocycles. The van der Waals surface area contributed by atoms with Crippen molar-refractivity contribution in [3.05, 3.63) is 36.4 Å². The lowest BCUT2D eigenvalue weighted by atomic mass is 9.79. The molecule has 0 saturated carbocycles. The molecule has 0 amide bonds. The van der Waals surface area contributed by atoms with Gasteiger partial charge < -0.3 is 20.1 Å². The van der Waals surface area contributed by atoms with Crippen molar-refractivity contribution in [2.75, 3.05) is 0 Å². The molecule has 2 aromatic carbocycles. The monoisotopic (exact) mass is 272 g/mol. The number of fused-ring (bicyclic) bond motifs is 3. The molecule has 7 heteroatoms. The van der Waals surface area contributed by atoms with Gasteiger partial charge in [-0.25, -0.2) is 0 Å². The van der Waals surface area contributed by atoms with E-state index in [4.69, 9.17) is 0 Å². The number of rotatable bonds is 2. The Balaban J connectivity index is 2.34. The highest BCUT2D eigenvalue weighted by Gasteiger charge is 2.18. The highest BCUT2D eigenvalue weighted by molar-refractivity contribution is 7.27. The van der Waals surface area contributed by atoms with Crippen LogP contribution in [-0.2, 0) is 0 Å². The van der Waals surface area contributed by atoms with Gasteiger partial charge in [0.2, 0.25) is 0 Å². The predicted molar refractivity (Wildman–Crippen MR) is 79.0 cm³/mol. The molecule has 94 valence electrons. The topological polar surface area (TPSA) is 80.9 Å². The van der Waals surface area contributed by atoms with Crippen molar-refractivity contribution in [1.82, 2.24) is 0 Å². The smallest absolute Gasteiger partial charge is 0.423 e. The Kier molecular flexibility index (Phi) is 3.08. The van der Waals surface area contributed by atoms with Crippen LogP contribution in [-0.4, -0.2) is 34.3 Å². The first-order valence-corrected chi connectivity index (χ1v) is 6.57. The van der Waals surface area contributed by atoms with E-state index in [0.717, 1.165) is 20.2 Å². The van der Waals surface area contributed by atoms with E-state index >= 15 is 0 Å². The predicted octanol–water partition coefficient (Wildman–Crippen LogP) is -0.586. The molecule has 3 rings (SSSR count). The number of hydrogen-bond donors (Lipinski definition) is 4. The van der Waals surface area contributed by atoms with E-state index in [0.29, 0.717) is 10.9 Å². The number of hydrogen-bond acceptors (Lipinski definition) is 5. The van der Waals surface area contributed by atoms with E-state index in [1.807, 2.05) is 12.1 Å². The molecular formula is C12H10B2O4S. The molecule has 0 atom stereocenters.